The monoisotopic (exact) mass is 256 g/mol. The lowest BCUT2D eigenvalue weighted by Gasteiger charge is -2.08. The molecule has 0 fully saturated rings. The van der Waals surface area contributed by atoms with Gasteiger partial charge in [-0.05, 0) is 35.4 Å². The zero-order chi connectivity index (χ0) is 13.2. The molecule has 0 saturated heterocycles. The van der Waals surface area contributed by atoms with Crippen molar-refractivity contribution < 1.29 is 13.2 Å². The van der Waals surface area contributed by atoms with Crippen molar-refractivity contribution in [2.75, 3.05) is 0 Å². The average molecular weight is 256 g/mol. The van der Waals surface area contributed by atoms with Crippen LogP contribution in [0.4, 0.5) is 8.78 Å². The Hall–Kier alpha value is -2.42. The lowest BCUT2D eigenvalue weighted by Crippen LogP contribution is -1.87. The van der Waals surface area contributed by atoms with Crippen LogP contribution in [0.3, 0.4) is 0 Å². The summed E-state index contributed by atoms with van der Waals surface area (Å²) in [6.45, 7) is 0. The van der Waals surface area contributed by atoms with Crippen molar-refractivity contribution in [1.82, 2.24) is 0 Å². The fourth-order valence-electron chi connectivity index (χ4n) is 2.09. The Bertz CT molecular complexity index is 682. The summed E-state index contributed by atoms with van der Waals surface area (Å²) >= 11 is 0. The first-order valence-corrected chi connectivity index (χ1v) is 5.83. The van der Waals surface area contributed by atoms with Gasteiger partial charge in [-0.2, -0.15) is 0 Å². The molecule has 1 nitrogen and oxygen atoms in total. The van der Waals surface area contributed by atoms with Gasteiger partial charge in [0.2, 0.25) is 0 Å². The van der Waals surface area contributed by atoms with Crippen LogP contribution < -0.4 is 0 Å². The molecule has 1 heterocycles. The number of halogens is 2. The van der Waals surface area contributed by atoms with E-state index in [4.69, 9.17) is 4.42 Å². The maximum absolute atomic E-state index is 13.3. The van der Waals surface area contributed by atoms with Gasteiger partial charge >= 0.3 is 0 Å². The van der Waals surface area contributed by atoms with Crippen molar-refractivity contribution in [3.05, 3.63) is 72.5 Å². The minimum Gasteiger partial charge on any atom is -0.464 e. The molecule has 0 bridgehead atoms. The van der Waals surface area contributed by atoms with Gasteiger partial charge in [0.1, 0.15) is 17.4 Å². The van der Waals surface area contributed by atoms with Crippen LogP contribution in [0.2, 0.25) is 0 Å². The Morgan fingerprint density at radius 3 is 2.05 bits per heavy atom. The van der Waals surface area contributed by atoms with Gasteiger partial charge in [0.15, 0.2) is 0 Å². The van der Waals surface area contributed by atoms with E-state index in [-0.39, 0.29) is 0 Å². The molecule has 0 atom stereocenters. The van der Waals surface area contributed by atoms with E-state index in [0.717, 1.165) is 17.2 Å². The summed E-state index contributed by atoms with van der Waals surface area (Å²) < 4.78 is 32.0. The minimum atomic E-state index is -0.593. The summed E-state index contributed by atoms with van der Waals surface area (Å²) in [5, 5.41) is 0. The molecule has 3 aromatic rings. The number of rotatable bonds is 2. The van der Waals surface area contributed by atoms with Crippen LogP contribution in [0.1, 0.15) is 0 Å². The highest BCUT2D eigenvalue weighted by molar-refractivity contribution is 5.81. The summed E-state index contributed by atoms with van der Waals surface area (Å²) in [5.74, 6) is -0.520. The van der Waals surface area contributed by atoms with Gasteiger partial charge in [-0.15, -0.1) is 0 Å². The van der Waals surface area contributed by atoms with Gasteiger partial charge in [0.25, 0.3) is 0 Å². The maximum Gasteiger partial charge on any atom is 0.134 e. The molecule has 0 unspecified atom stereocenters. The van der Waals surface area contributed by atoms with E-state index in [9.17, 15) is 8.78 Å². The molecule has 3 heteroatoms. The van der Waals surface area contributed by atoms with Crippen molar-refractivity contribution in [3.63, 3.8) is 0 Å². The summed E-state index contributed by atoms with van der Waals surface area (Å²) in [5.41, 5.74) is 2.03. The van der Waals surface area contributed by atoms with Gasteiger partial charge in [-0.1, -0.05) is 24.3 Å². The third-order valence-corrected chi connectivity index (χ3v) is 2.89. The predicted molar refractivity (Wildman–Crippen MR) is 69.5 cm³/mol. The second-order valence-electron chi connectivity index (χ2n) is 4.18. The van der Waals surface area contributed by atoms with Crippen molar-refractivity contribution in [2.24, 2.45) is 0 Å². The first-order valence-electron chi connectivity index (χ1n) is 5.83. The van der Waals surface area contributed by atoms with Gasteiger partial charge < -0.3 is 4.42 Å². The van der Waals surface area contributed by atoms with Crippen LogP contribution in [0.15, 0.2) is 65.3 Å². The van der Waals surface area contributed by atoms with E-state index in [0.29, 0.717) is 11.3 Å². The van der Waals surface area contributed by atoms with Crippen molar-refractivity contribution in [1.29, 1.82) is 0 Å². The molecule has 3 rings (SSSR count). The highest BCUT2D eigenvalue weighted by atomic mass is 19.1. The molecule has 0 spiro atoms. The van der Waals surface area contributed by atoms with Crippen molar-refractivity contribution >= 4 is 0 Å². The molecule has 0 aliphatic carbocycles. The van der Waals surface area contributed by atoms with Crippen molar-refractivity contribution in [3.8, 4) is 22.5 Å². The molecule has 2 aromatic carbocycles. The Balaban J connectivity index is 2.20. The predicted octanol–water partition coefficient (Wildman–Crippen LogP) is 4.89. The molecule has 0 aliphatic rings. The number of hydrogen-bond donors (Lipinski definition) is 0. The molecule has 0 amide bonds. The summed E-state index contributed by atoms with van der Waals surface area (Å²) in [6, 6.07) is 14.4. The van der Waals surface area contributed by atoms with Gasteiger partial charge in [-0.25, -0.2) is 8.78 Å². The van der Waals surface area contributed by atoms with Crippen LogP contribution in [0.25, 0.3) is 22.5 Å². The van der Waals surface area contributed by atoms with E-state index in [2.05, 4.69) is 0 Å². The summed E-state index contributed by atoms with van der Waals surface area (Å²) in [4.78, 5) is 0. The first-order chi connectivity index (χ1) is 9.24. The quantitative estimate of drug-likeness (QED) is 0.636. The van der Waals surface area contributed by atoms with Crippen LogP contribution in [-0.4, -0.2) is 0 Å². The molecule has 0 N–H and O–H groups in total. The number of hydrogen-bond acceptors (Lipinski definition) is 1. The molecule has 0 radical (unpaired) electrons. The van der Waals surface area contributed by atoms with E-state index < -0.39 is 11.6 Å². The van der Waals surface area contributed by atoms with E-state index >= 15 is 0 Å². The number of benzene rings is 2. The van der Waals surface area contributed by atoms with Crippen molar-refractivity contribution in [2.45, 2.75) is 0 Å². The number of furan rings is 1. The van der Waals surface area contributed by atoms with Crippen LogP contribution in [0, 0.1) is 11.6 Å². The first kappa shape index (κ1) is 11.7. The fourth-order valence-corrected chi connectivity index (χ4v) is 2.09. The highest BCUT2D eigenvalue weighted by Gasteiger charge is 2.10. The minimum absolute atomic E-state index is 0.490. The Morgan fingerprint density at radius 1 is 0.737 bits per heavy atom. The van der Waals surface area contributed by atoms with E-state index in [1.807, 2.05) is 30.3 Å². The summed E-state index contributed by atoms with van der Waals surface area (Å²) in [6.07, 6.45) is 1.57. The molecule has 0 aliphatic heterocycles. The third kappa shape index (κ3) is 2.27. The molecule has 0 saturated carbocycles. The Labute approximate surface area is 109 Å². The van der Waals surface area contributed by atoms with E-state index in [1.165, 1.54) is 12.1 Å². The third-order valence-electron chi connectivity index (χ3n) is 2.89. The largest absolute Gasteiger partial charge is 0.464 e. The second-order valence-corrected chi connectivity index (χ2v) is 4.18. The molecule has 1 aromatic heterocycles. The molecule has 19 heavy (non-hydrogen) atoms. The van der Waals surface area contributed by atoms with Crippen LogP contribution in [0.5, 0.6) is 0 Å². The molecular weight excluding hydrogens is 246 g/mol. The lowest BCUT2D eigenvalue weighted by molar-refractivity contribution is 0.581. The zero-order valence-corrected chi connectivity index (χ0v) is 9.94. The maximum atomic E-state index is 13.3. The Morgan fingerprint density at radius 2 is 1.42 bits per heavy atom. The van der Waals surface area contributed by atoms with Gasteiger partial charge in [0.05, 0.1) is 6.26 Å². The SMILES string of the molecule is Fc1cc(F)cc(-c2ccccc2-c2ccco2)c1. The zero-order valence-electron chi connectivity index (χ0n) is 9.94. The van der Waals surface area contributed by atoms with Gasteiger partial charge in [0, 0.05) is 11.6 Å². The smallest absolute Gasteiger partial charge is 0.134 e. The highest BCUT2D eigenvalue weighted by Crippen LogP contribution is 2.32. The average Bonchev–Trinajstić information content (AvgIpc) is 2.91. The molecular formula is C16H10F2O. The summed E-state index contributed by atoms with van der Waals surface area (Å²) in [7, 11) is 0. The standard InChI is InChI=1S/C16H10F2O/c17-12-8-11(9-13(18)10-12)14-4-1-2-5-15(14)16-6-3-7-19-16/h1-10H. The lowest BCUT2D eigenvalue weighted by atomic mass is 9.98. The van der Waals surface area contributed by atoms with E-state index in [1.54, 1.807) is 12.3 Å². The molecule has 94 valence electrons. The normalized spacial score (nSPS) is 10.6. The van der Waals surface area contributed by atoms with Gasteiger partial charge in [-0.3, -0.25) is 0 Å². The second kappa shape index (κ2) is 4.69. The topological polar surface area (TPSA) is 13.1 Å². The van der Waals surface area contributed by atoms with Crippen LogP contribution in [-0.2, 0) is 0 Å². The fraction of sp³-hybridized carbons (Fsp3) is 0. The Kier molecular flexibility index (Phi) is 2.88. The van der Waals surface area contributed by atoms with Crippen LogP contribution >= 0.6 is 0 Å².